The zero-order valence-corrected chi connectivity index (χ0v) is 9.42. The van der Waals surface area contributed by atoms with Gasteiger partial charge in [-0.05, 0) is 6.42 Å². The summed E-state index contributed by atoms with van der Waals surface area (Å²) < 4.78 is 0. The van der Waals surface area contributed by atoms with E-state index < -0.39 is 0 Å². The molecule has 4 heteroatoms. The lowest BCUT2D eigenvalue weighted by Crippen LogP contribution is -2.46. The Kier molecular flexibility index (Phi) is 4.28. The number of hydrogen-bond acceptors (Lipinski definition) is 4. The summed E-state index contributed by atoms with van der Waals surface area (Å²) in [6.45, 7) is 2.34. The summed E-state index contributed by atoms with van der Waals surface area (Å²) in [7, 11) is 0. The lowest BCUT2D eigenvalue weighted by atomic mass is 10.1. The van der Waals surface area contributed by atoms with Crippen molar-refractivity contribution in [2.24, 2.45) is 0 Å². The molecule has 1 radical (unpaired) electrons. The molecule has 0 aromatic carbocycles. The zero-order chi connectivity index (χ0) is 8.93. The first-order valence-electron chi connectivity index (χ1n) is 4.92. The van der Waals surface area contributed by atoms with Gasteiger partial charge >= 0.3 is 0 Å². The van der Waals surface area contributed by atoms with E-state index in [1.165, 1.54) is 36.1 Å². The first-order chi connectivity index (χ1) is 6.45. The largest absolute Gasteiger partial charge is 0.312 e. The topological polar surface area (TPSA) is 24.1 Å². The van der Waals surface area contributed by atoms with Gasteiger partial charge in [0.05, 0.1) is 0 Å². The molecule has 0 bridgehead atoms. The van der Waals surface area contributed by atoms with E-state index in [0.29, 0.717) is 12.1 Å². The van der Waals surface area contributed by atoms with E-state index >= 15 is 0 Å². The monoisotopic (exact) mass is 217 g/mol. The van der Waals surface area contributed by atoms with Gasteiger partial charge in [0.2, 0.25) is 0 Å². The number of hydrogen-bond donors (Lipinski definition) is 2. The quantitative estimate of drug-likeness (QED) is 0.707. The molecule has 2 aliphatic rings. The molecule has 0 aliphatic carbocycles. The molecule has 2 aliphatic heterocycles. The van der Waals surface area contributed by atoms with Gasteiger partial charge < -0.3 is 10.6 Å². The molecule has 75 valence electrons. The van der Waals surface area contributed by atoms with Gasteiger partial charge in [0.15, 0.2) is 0 Å². The van der Waals surface area contributed by atoms with Crippen LogP contribution in [0.3, 0.4) is 0 Å². The molecule has 2 N–H and O–H groups in total. The van der Waals surface area contributed by atoms with Gasteiger partial charge in [-0.3, -0.25) is 0 Å². The summed E-state index contributed by atoms with van der Waals surface area (Å²) in [5.74, 6) is 5.06. The van der Waals surface area contributed by atoms with Gasteiger partial charge in [-0.2, -0.15) is 23.5 Å². The van der Waals surface area contributed by atoms with Crippen molar-refractivity contribution in [3.05, 3.63) is 6.42 Å². The van der Waals surface area contributed by atoms with Crippen LogP contribution in [0.15, 0.2) is 0 Å². The summed E-state index contributed by atoms with van der Waals surface area (Å²) >= 11 is 4.13. The van der Waals surface area contributed by atoms with Crippen molar-refractivity contribution in [2.75, 3.05) is 36.1 Å². The summed E-state index contributed by atoms with van der Waals surface area (Å²) in [6, 6.07) is 1.27. The van der Waals surface area contributed by atoms with Crippen LogP contribution >= 0.6 is 23.5 Å². The van der Waals surface area contributed by atoms with Crippen LogP contribution in [0.1, 0.15) is 0 Å². The summed E-state index contributed by atoms with van der Waals surface area (Å²) in [4.78, 5) is 0. The zero-order valence-electron chi connectivity index (χ0n) is 7.79. The van der Waals surface area contributed by atoms with Crippen LogP contribution in [0.2, 0.25) is 0 Å². The van der Waals surface area contributed by atoms with E-state index in [4.69, 9.17) is 0 Å². The fraction of sp³-hybridized carbons (Fsp3) is 0.889. The summed E-state index contributed by atoms with van der Waals surface area (Å²) in [5, 5.41) is 7.08. The predicted molar refractivity (Wildman–Crippen MR) is 62.5 cm³/mol. The maximum Gasteiger partial charge on any atom is 0.0205 e. The molecule has 2 atom stereocenters. The van der Waals surface area contributed by atoms with Crippen LogP contribution < -0.4 is 10.6 Å². The van der Waals surface area contributed by atoms with Crippen molar-refractivity contribution < 1.29 is 0 Å². The Hall–Kier alpha value is 0.620. The molecule has 2 rings (SSSR count). The van der Waals surface area contributed by atoms with Crippen molar-refractivity contribution >= 4 is 23.5 Å². The molecule has 2 fully saturated rings. The minimum absolute atomic E-state index is 0.634. The molecule has 0 amide bonds. The average Bonchev–Trinajstić information content (AvgIpc) is 2.21. The van der Waals surface area contributed by atoms with E-state index in [1.807, 2.05) is 0 Å². The second kappa shape index (κ2) is 5.49. The fourth-order valence-corrected chi connectivity index (χ4v) is 3.52. The molecule has 2 unspecified atom stereocenters. The van der Waals surface area contributed by atoms with Crippen molar-refractivity contribution in [3.63, 3.8) is 0 Å². The second-order valence-electron chi connectivity index (χ2n) is 3.46. The highest BCUT2D eigenvalue weighted by atomic mass is 32.2. The third-order valence-electron chi connectivity index (χ3n) is 2.37. The summed E-state index contributed by atoms with van der Waals surface area (Å²) in [5.41, 5.74) is 0. The molecular formula is C9H17N2S2. The molecule has 13 heavy (non-hydrogen) atoms. The van der Waals surface area contributed by atoms with Crippen LogP contribution in [0.5, 0.6) is 0 Å². The van der Waals surface area contributed by atoms with Gasteiger partial charge in [-0.15, -0.1) is 0 Å². The minimum Gasteiger partial charge on any atom is -0.312 e. The summed E-state index contributed by atoms with van der Waals surface area (Å²) in [6.07, 6.45) is 2.46. The van der Waals surface area contributed by atoms with Crippen LogP contribution in [0.4, 0.5) is 0 Å². The fourth-order valence-electron chi connectivity index (χ4n) is 1.70. The smallest absolute Gasteiger partial charge is 0.0205 e. The molecular weight excluding hydrogens is 200 g/mol. The maximum atomic E-state index is 3.54. The Morgan fingerprint density at radius 1 is 0.923 bits per heavy atom. The van der Waals surface area contributed by atoms with Crippen LogP contribution in [-0.2, 0) is 0 Å². The highest BCUT2D eigenvalue weighted by molar-refractivity contribution is 7.99. The molecule has 2 heterocycles. The SMILES string of the molecule is [CH](C1CSCCN1)C1CSCCN1. The Labute approximate surface area is 89.0 Å². The average molecular weight is 217 g/mol. The number of rotatable bonds is 2. The van der Waals surface area contributed by atoms with E-state index in [-0.39, 0.29) is 0 Å². The molecule has 2 saturated heterocycles. The van der Waals surface area contributed by atoms with Crippen molar-refractivity contribution in [1.82, 2.24) is 10.6 Å². The Morgan fingerprint density at radius 2 is 1.46 bits per heavy atom. The highest BCUT2D eigenvalue weighted by Crippen LogP contribution is 2.15. The van der Waals surface area contributed by atoms with Crippen LogP contribution in [-0.4, -0.2) is 48.2 Å². The lowest BCUT2D eigenvalue weighted by Gasteiger charge is -2.29. The van der Waals surface area contributed by atoms with Gasteiger partial charge in [0, 0.05) is 48.2 Å². The first kappa shape index (κ1) is 10.1. The Balaban J connectivity index is 1.69. The van der Waals surface area contributed by atoms with E-state index in [9.17, 15) is 0 Å². The van der Waals surface area contributed by atoms with Crippen molar-refractivity contribution in [1.29, 1.82) is 0 Å². The van der Waals surface area contributed by atoms with Gasteiger partial charge in [0.25, 0.3) is 0 Å². The minimum atomic E-state index is 0.634. The molecule has 0 spiro atoms. The predicted octanol–water partition coefficient (Wildman–Crippen LogP) is 0.601. The first-order valence-corrected chi connectivity index (χ1v) is 7.23. The second-order valence-corrected chi connectivity index (χ2v) is 5.76. The number of thioether (sulfide) groups is 2. The standard InChI is InChI=1S/C9H17N2S2/c1-3-12-6-8(10-1)5-9-7-13-4-2-11-9/h5,8-11H,1-4,6-7H2. The molecule has 2 nitrogen and oxygen atoms in total. The van der Waals surface area contributed by atoms with E-state index in [2.05, 4.69) is 40.6 Å². The van der Waals surface area contributed by atoms with Gasteiger partial charge in [-0.25, -0.2) is 0 Å². The van der Waals surface area contributed by atoms with Crippen molar-refractivity contribution in [3.8, 4) is 0 Å². The van der Waals surface area contributed by atoms with Crippen molar-refractivity contribution in [2.45, 2.75) is 12.1 Å². The maximum absolute atomic E-state index is 3.54. The molecule has 0 aromatic rings. The number of nitrogens with one attached hydrogen (secondary N) is 2. The molecule has 0 saturated carbocycles. The highest BCUT2D eigenvalue weighted by Gasteiger charge is 2.20. The Bertz CT molecular complexity index is 127. The van der Waals surface area contributed by atoms with Crippen LogP contribution in [0, 0.1) is 6.42 Å². The normalized spacial score (nSPS) is 36.0. The van der Waals surface area contributed by atoms with Gasteiger partial charge in [-0.1, -0.05) is 0 Å². The molecule has 0 aromatic heterocycles. The lowest BCUT2D eigenvalue weighted by molar-refractivity contribution is 0.534. The van der Waals surface area contributed by atoms with Gasteiger partial charge in [0.1, 0.15) is 0 Å². The third-order valence-corrected chi connectivity index (χ3v) is 4.54. The Morgan fingerprint density at radius 3 is 1.85 bits per heavy atom. The van der Waals surface area contributed by atoms with Crippen LogP contribution in [0.25, 0.3) is 0 Å². The van der Waals surface area contributed by atoms with E-state index in [1.54, 1.807) is 0 Å². The third kappa shape index (κ3) is 3.35. The van der Waals surface area contributed by atoms with E-state index in [0.717, 1.165) is 0 Å².